The maximum absolute atomic E-state index is 13.9. The lowest BCUT2D eigenvalue weighted by atomic mass is 9.94. The number of hydrogen-bond acceptors (Lipinski definition) is 8. The molecule has 1 N–H and O–H groups in total. The van der Waals surface area contributed by atoms with Crippen molar-refractivity contribution < 1.29 is 9.59 Å². The average Bonchev–Trinajstić information content (AvgIpc) is 3.43. The van der Waals surface area contributed by atoms with Crippen molar-refractivity contribution in [2.75, 3.05) is 30.1 Å². The molecule has 2 aromatic heterocycles. The highest BCUT2D eigenvalue weighted by Gasteiger charge is 2.41. The predicted octanol–water partition coefficient (Wildman–Crippen LogP) is 6.21. The number of rotatable bonds is 11. The second-order valence-corrected chi connectivity index (χ2v) is 12.1. The Kier molecular flexibility index (Phi) is 9.77. The number of hydrogen-bond donors (Lipinski definition) is 1. The molecule has 214 valence electrons. The number of carbonyl (C=O) groups is 2. The smallest absolute Gasteiger partial charge is 0.250 e. The third-order valence-corrected chi connectivity index (χ3v) is 8.58. The van der Waals surface area contributed by atoms with Crippen LogP contribution in [0.2, 0.25) is 0 Å². The molecule has 0 spiro atoms. The number of aryl methyl sites for hydroxylation is 2. The van der Waals surface area contributed by atoms with E-state index in [1.807, 2.05) is 113 Å². The van der Waals surface area contributed by atoms with Crippen LogP contribution in [-0.2, 0) is 16.1 Å². The van der Waals surface area contributed by atoms with E-state index in [1.165, 1.54) is 23.1 Å². The largest absolute Gasteiger partial charge is 0.378 e. The minimum Gasteiger partial charge on any atom is -0.378 e. The fraction of sp³-hybridized carbons (Fsp3) is 0.323. The van der Waals surface area contributed by atoms with E-state index in [2.05, 4.69) is 15.3 Å². The van der Waals surface area contributed by atoms with Crippen LogP contribution in [0.25, 0.3) is 11.3 Å². The second-order valence-electron chi connectivity index (χ2n) is 10.2. The number of nitrogens with zero attached hydrogens (tertiary/aromatic N) is 5. The van der Waals surface area contributed by atoms with Crippen molar-refractivity contribution in [1.29, 1.82) is 0 Å². The summed E-state index contributed by atoms with van der Waals surface area (Å²) in [6.45, 7) is 7.76. The molecule has 1 unspecified atom stereocenters. The van der Waals surface area contributed by atoms with Gasteiger partial charge in [-0.05, 0) is 57.5 Å². The Hall–Kier alpha value is -3.76. The first-order valence-corrected chi connectivity index (χ1v) is 15.3. The van der Waals surface area contributed by atoms with Crippen molar-refractivity contribution in [2.45, 2.75) is 51.4 Å². The SMILES string of the molecule is CCC(C)(C(=O)Nc1ccc(N(C)C)cc1)N(Cc1nc(-c2ccccc2)cs1)C(=O)CSc1nc(C)cc(C)n1. The van der Waals surface area contributed by atoms with E-state index < -0.39 is 5.54 Å². The molecule has 0 saturated carbocycles. The van der Waals surface area contributed by atoms with Gasteiger partial charge in [0.15, 0.2) is 5.16 Å². The molecule has 0 bridgehead atoms. The van der Waals surface area contributed by atoms with Gasteiger partial charge >= 0.3 is 0 Å². The maximum atomic E-state index is 13.9. The minimum atomic E-state index is -1.13. The number of amides is 2. The number of aromatic nitrogens is 3. The van der Waals surface area contributed by atoms with Crippen molar-refractivity contribution in [3.05, 3.63) is 82.4 Å². The normalized spacial score (nSPS) is 12.4. The van der Waals surface area contributed by atoms with Gasteiger partial charge in [0.2, 0.25) is 11.8 Å². The third-order valence-electron chi connectivity index (χ3n) is 6.92. The number of thiazole rings is 1. The lowest BCUT2D eigenvalue weighted by Gasteiger charge is -2.39. The molecule has 0 radical (unpaired) electrons. The van der Waals surface area contributed by atoms with Crippen molar-refractivity contribution in [3.8, 4) is 11.3 Å². The lowest BCUT2D eigenvalue weighted by Crippen LogP contribution is -2.57. The molecule has 10 heteroatoms. The molecule has 2 aromatic carbocycles. The van der Waals surface area contributed by atoms with Crippen LogP contribution in [0.1, 0.15) is 36.7 Å². The molecular formula is C31H36N6O2S2. The summed E-state index contributed by atoms with van der Waals surface area (Å²) in [5, 5.41) is 6.33. The third kappa shape index (κ3) is 7.51. The fourth-order valence-corrected chi connectivity index (χ4v) is 5.96. The quantitative estimate of drug-likeness (QED) is 0.165. The van der Waals surface area contributed by atoms with Crippen LogP contribution in [0.4, 0.5) is 11.4 Å². The number of benzene rings is 2. The highest BCUT2D eigenvalue weighted by Crippen LogP contribution is 2.29. The van der Waals surface area contributed by atoms with Gasteiger partial charge in [0.05, 0.1) is 18.0 Å². The molecule has 0 aliphatic carbocycles. The fourth-order valence-electron chi connectivity index (χ4n) is 4.34. The Morgan fingerprint density at radius 1 is 0.976 bits per heavy atom. The highest BCUT2D eigenvalue weighted by atomic mass is 32.2. The van der Waals surface area contributed by atoms with Crippen molar-refractivity contribution in [2.24, 2.45) is 0 Å². The summed E-state index contributed by atoms with van der Waals surface area (Å²) in [4.78, 5) is 45.1. The van der Waals surface area contributed by atoms with Crippen LogP contribution in [-0.4, -0.2) is 57.1 Å². The molecule has 41 heavy (non-hydrogen) atoms. The van der Waals surface area contributed by atoms with Gasteiger partial charge in [-0.2, -0.15) is 0 Å². The van der Waals surface area contributed by atoms with Gasteiger partial charge in [0, 0.05) is 47.8 Å². The van der Waals surface area contributed by atoms with E-state index in [4.69, 9.17) is 4.98 Å². The van der Waals surface area contributed by atoms with Crippen LogP contribution >= 0.6 is 23.1 Å². The lowest BCUT2D eigenvalue weighted by molar-refractivity contribution is -0.143. The number of thioether (sulfide) groups is 1. The summed E-state index contributed by atoms with van der Waals surface area (Å²) in [5.74, 6) is -0.338. The molecule has 0 fully saturated rings. The summed E-state index contributed by atoms with van der Waals surface area (Å²) in [5.41, 5.74) is 4.12. The van der Waals surface area contributed by atoms with E-state index in [9.17, 15) is 9.59 Å². The predicted molar refractivity (Wildman–Crippen MR) is 168 cm³/mol. The Morgan fingerprint density at radius 2 is 1.63 bits per heavy atom. The summed E-state index contributed by atoms with van der Waals surface area (Å²) in [6, 6.07) is 19.5. The first-order valence-electron chi connectivity index (χ1n) is 13.4. The zero-order valence-corrected chi connectivity index (χ0v) is 26.0. The molecule has 0 saturated heterocycles. The number of carbonyl (C=O) groups excluding carboxylic acids is 2. The zero-order valence-electron chi connectivity index (χ0n) is 24.3. The first kappa shape index (κ1) is 30.2. The zero-order chi connectivity index (χ0) is 29.6. The van der Waals surface area contributed by atoms with Gasteiger partial charge < -0.3 is 15.1 Å². The molecule has 4 aromatic rings. The van der Waals surface area contributed by atoms with E-state index in [0.29, 0.717) is 17.3 Å². The Morgan fingerprint density at radius 3 is 2.24 bits per heavy atom. The standard InChI is InChI=1S/C31H36N6O2S2/c1-7-31(4,29(39)34-24-13-15-25(16-14-24)36(5)6)37(28(38)20-41-30-32-21(2)17-22(3)33-30)18-27-35-26(19-40-27)23-11-9-8-10-12-23/h8-17,19H,7,18,20H2,1-6H3,(H,34,39). The highest BCUT2D eigenvalue weighted by molar-refractivity contribution is 7.99. The van der Waals surface area contributed by atoms with Gasteiger partial charge in [-0.25, -0.2) is 15.0 Å². The van der Waals surface area contributed by atoms with Crippen molar-refractivity contribution in [1.82, 2.24) is 19.9 Å². The van der Waals surface area contributed by atoms with E-state index in [1.54, 1.807) is 4.90 Å². The molecule has 1 atom stereocenters. The average molecular weight is 589 g/mol. The topological polar surface area (TPSA) is 91.3 Å². The molecule has 2 heterocycles. The molecule has 0 aliphatic rings. The van der Waals surface area contributed by atoms with Gasteiger partial charge in [-0.1, -0.05) is 49.0 Å². The van der Waals surface area contributed by atoms with Crippen LogP contribution in [0.5, 0.6) is 0 Å². The van der Waals surface area contributed by atoms with Crippen molar-refractivity contribution >= 4 is 46.3 Å². The van der Waals surface area contributed by atoms with Crippen molar-refractivity contribution in [3.63, 3.8) is 0 Å². The van der Waals surface area contributed by atoms with Gasteiger partial charge in [0.1, 0.15) is 10.5 Å². The Balaban J connectivity index is 1.61. The molecule has 4 rings (SSSR count). The van der Waals surface area contributed by atoms with Gasteiger partial charge in [0.25, 0.3) is 0 Å². The van der Waals surface area contributed by atoms with Crippen LogP contribution in [0, 0.1) is 13.8 Å². The number of nitrogens with one attached hydrogen (secondary N) is 1. The number of anilines is 2. The van der Waals surface area contributed by atoms with Crippen LogP contribution in [0.3, 0.4) is 0 Å². The summed E-state index contributed by atoms with van der Waals surface area (Å²) >= 11 is 2.76. The molecule has 8 nitrogen and oxygen atoms in total. The second kappa shape index (κ2) is 13.3. The minimum absolute atomic E-state index is 0.0974. The molecule has 2 amide bonds. The summed E-state index contributed by atoms with van der Waals surface area (Å²) < 4.78 is 0. The molecular weight excluding hydrogens is 553 g/mol. The van der Waals surface area contributed by atoms with Gasteiger partial charge in [-0.3, -0.25) is 9.59 Å². The van der Waals surface area contributed by atoms with E-state index in [-0.39, 0.29) is 24.1 Å². The van der Waals surface area contributed by atoms with Crippen LogP contribution < -0.4 is 10.2 Å². The summed E-state index contributed by atoms with van der Waals surface area (Å²) in [6.07, 6.45) is 0.419. The molecule has 0 aliphatic heterocycles. The first-order chi connectivity index (χ1) is 19.6. The summed E-state index contributed by atoms with van der Waals surface area (Å²) in [7, 11) is 3.93. The van der Waals surface area contributed by atoms with E-state index in [0.717, 1.165) is 33.3 Å². The van der Waals surface area contributed by atoms with Gasteiger partial charge in [-0.15, -0.1) is 11.3 Å². The monoisotopic (exact) mass is 588 g/mol. The van der Waals surface area contributed by atoms with E-state index >= 15 is 0 Å². The maximum Gasteiger partial charge on any atom is 0.250 e. The van der Waals surface area contributed by atoms with Crippen LogP contribution in [0.15, 0.2) is 71.2 Å². The Labute approximate surface area is 250 Å². The Bertz CT molecular complexity index is 1470.